The van der Waals surface area contributed by atoms with Gasteiger partial charge in [-0.3, -0.25) is 10.1 Å². The Morgan fingerprint density at radius 2 is 2.40 bits per heavy atom. The van der Waals surface area contributed by atoms with Gasteiger partial charge in [0.15, 0.2) is 0 Å². The van der Waals surface area contributed by atoms with Gasteiger partial charge in [0.1, 0.15) is 6.04 Å². The number of hydrogen-bond donors (Lipinski definition) is 3. The van der Waals surface area contributed by atoms with Crippen LogP contribution in [0, 0.1) is 5.92 Å². The van der Waals surface area contributed by atoms with Crippen LogP contribution in [0.3, 0.4) is 0 Å². The van der Waals surface area contributed by atoms with Crippen molar-refractivity contribution in [3.8, 4) is 0 Å². The second kappa shape index (κ2) is 5.50. The van der Waals surface area contributed by atoms with Crippen LogP contribution in [0.1, 0.15) is 26.0 Å². The van der Waals surface area contributed by atoms with E-state index < -0.39 is 12.0 Å². The minimum atomic E-state index is -0.803. The molecule has 15 heavy (non-hydrogen) atoms. The van der Waals surface area contributed by atoms with E-state index in [1.54, 1.807) is 12.5 Å². The number of imidazole rings is 1. The third-order valence-electron chi connectivity index (χ3n) is 2.10. The summed E-state index contributed by atoms with van der Waals surface area (Å²) in [5, 5.41) is 11.9. The quantitative estimate of drug-likeness (QED) is 0.656. The normalized spacial score (nSPS) is 13.0. The van der Waals surface area contributed by atoms with Gasteiger partial charge >= 0.3 is 5.97 Å². The molecule has 0 aliphatic rings. The lowest BCUT2D eigenvalue weighted by Gasteiger charge is -2.15. The molecule has 84 valence electrons. The predicted octanol–water partition coefficient (Wildman–Crippen LogP) is 0.999. The lowest BCUT2D eigenvalue weighted by atomic mass is 10.0. The van der Waals surface area contributed by atoms with E-state index in [-0.39, 0.29) is 0 Å². The average Bonchev–Trinajstić information content (AvgIpc) is 2.63. The van der Waals surface area contributed by atoms with Crippen LogP contribution in [0.15, 0.2) is 12.5 Å². The van der Waals surface area contributed by atoms with Crippen molar-refractivity contribution in [3.05, 3.63) is 18.2 Å². The van der Waals surface area contributed by atoms with Crippen molar-refractivity contribution in [3.63, 3.8) is 0 Å². The topological polar surface area (TPSA) is 78.0 Å². The molecule has 1 aromatic heterocycles. The molecule has 0 amide bonds. The van der Waals surface area contributed by atoms with Crippen LogP contribution < -0.4 is 5.32 Å². The van der Waals surface area contributed by atoms with Crippen LogP contribution in [-0.4, -0.2) is 27.1 Å². The summed E-state index contributed by atoms with van der Waals surface area (Å²) in [5.41, 5.74) is 0.894. The fourth-order valence-electron chi connectivity index (χ4n) is 1.36. The number of nitrogens with zero attached hydrogens (tertiary/aromatic N) is 1. The zero-order valence-electron chi connectivity index (χ0n) is 9.03. The molecule has 5 heteroatoms. The molecule has 1 heterocycles. The average molecular weight is 211 g/mol. The maximum Gasteiger partial charge on any atom is 0.320 e. The molecule has 5 nitrogen and oxygen atoms in total. The van der Waals surface area contributed by atoms with Gasteiger partial charge in [-0.1, -0.05) is 13.8 Å². The van der Waals surface area contributed by atoms with Gasteiger partial charge in [0.2, 0.25) is 0 Å². The van der Waals surface area contributed by atoms with E-state index in [0.29, 0.717) is 18.9 Å². The summed E-state index contributed by atoms with van der Waals surface area (Å²) in [7, 11) is 0. The summed E-state index contributed by atoms with van der Waals surface area (Å²) < 4.78 is 0. The van der Waals surface area contributed by atoms with Gasteiger partial charge in [0.25, 0.3) is 0 Å². The standard InChI is InChI=1S/C10H17N3O2/c1-7(2)3-9(10(14)15)12-5-8-4-11-6-13-8/h4,6-7,9,12H,3,5H2,1-2H3,(H,11,13)(H,14,15). The first kappa shape index (κ1) is 11.7. The second-order valence-corrected chi connectivity index (χ2v) is 3.98. The summed E-state index contributed by atoms with van der Waals surface area (Å²) in [6.07, 6.45) is 3.89. The van der Waals surface area contributed by atoms with E-state index in [2.05, 4.69) is 15.3 Å². The Hall–Kier alpha value is -1.36. The summed E-state index contributed by atoms with van der Waals surface area (Å²) in [6.45, 7) is 4.52. The molecule has 1 aromatic rings. The smallest absolute Gasteiger partial charge is 0.320 e. The van der Waals surface area contributed by atoms with Crippen LogP contribution >= 0.6 is 0 Å². The molecule has 0 saturated heterocycles. The molecular formula is C10H17N3O2. The van der Waals surface area contributed by atoms with Crippen molar-refractivity contribution in [2.45, 2.75) is 32.9 Å². The molecule has 1 atom stereocenters. The lowest BCUT2D eigenvalue weighted by molar-refractivity contribution is -0.140. The molecular weight excluding hydrogens is 194 g/mol. The number of carboxylic acids is 1. The fraction of sp³-hybridized carbons (Fsp3) is 0.600. The van der Waals surface area contributed by atoms with E-state index in [4.69, 9.17) is 5.11 Å². The molecule has 0 aliphatic carbocycles. The van der Waals surface area contributed by atoms with E-state index in [1.165, 1.54) is 0 Å². The molecule has 0 aliphatic heterocycles. The van der Waals surface area contributed by atoms with Gasteiger partial charge in [-0.05, 0) is 12.3 Å². The highest BCUT2D eigenvalue weighted by Crippen LogP contribution is 2.05. The van der Waals surface area contributed by atoms with Crippen molar-refractivity contribution in [2.24, 2.45) is 5.92 Å². The largest absolute Gasteiger partial charge is 0.480 e. The Labute approximate surface area is 88.9 Å². The van der Waals surface area contributed by atoms with Crippen molar-refractivity contribution >= 4 is 5.97 Å². The summed E-state index contributed by atoms with van der Waals surface area (Å²) >= 11 is 0. The zero-order valence-corrected chi connectivity index (χ0v) is 9.03. The number of nitrogens with one attached hydrogen (secondary N) is 2. The number of H-pyrrole nitrogens is 1. The monoisotopic (exact) mass is 211 g/mol. The Bertz CT molecular complexity index is 296. The second-order valence-electron chi connectivity index (χ2n) is 3.98. The SMILES string of the molecule is CC(C)CC(NCc1cnc[nH]1)C(=O)O. The third-order valence-corrected chi connectivity index (χ3v) is 2.10. The van der Waals surface area contributed by atoms with Crippen LogP contribution in [-0.2, 0) is 11.3 Å². The van der Waals surface area contributed by atoms with Crippen molar-refractivity contribution in [1.82, 2.24) is 15.3 Å². The van der Waals surface area contributed by atoms with Crippen LogP contribution in [0.4, 0.5) is 0 Å². The molecule has 1 unspecified atom stereocenters. The highest BCUT2D eigenvalue weighted by atomic mass is 16.4. The lowest BCUT2D eigenvalue weighted by Crippen LogP contribution is -2.37. The number of carbonyl (C=O) groups is 1. The number of rotatable bonds is 6. The van der Waals surface area contributed by atoms with Gasteiger partial charge in [-0.2, -0.15) is 0 Å². The number of carboxylic acid groups (broad SMARTS) is 1. The zero-order chi connectivity index (χ0) is 11.3. The van der Waals surface area contributed by atoms with Gasteiger partial charge in [-0.15, -0.1) is 0 Å². The third kappa shape index (κ3) is 4.12. The van der Waals surface area contributed by atoms with Crippen molar-refractivity contribution < 1.29 is 9.90 Å². The summed E-state index contributed by atoms with van der Waals surface area (Å²) in [6, 6.07) is -0.492. The number of aliphatic carboxylic acids is 1. The maximum absolute atomic E-state index is 10.9. The molecule has 0 fully saturated rings. The number of hydrogen-bond acceptors (Lipinski definition) is 3. The molecule has 0 spiro atoms. The Morgan fingerprint density at radius 1 is 1.67 bits per heavy atom. The Balaban J connectivity index is 2.41. The fourth-order valence-corrected chi connectivity index (χ4v) is 1.36. The Morgan fingerprint density at radius 3 is 2.87 bits per heavy atom. The van der Waals surface area contributed by atoms with Crippen molar-refractivity contribution in [2.75, 3.05) is 0 Å². The number of aromatic amines is 1. The first-order valence-electron chi connectivity index (χ1n) is 5.03. The number of aromatic nitrogens is 2. The van der Waals surface area contributed by atoms with E-state index in [9.17, 15) is 4.79 Å². The van der Waals surface area contributed by atoms with Gasteiger partial charge in [0.05, 0.1) is 6.33 Å². The van der Waals surface area contributed by atoms with Crippen LogP contribution in [0.5, 0.6) is 0 Å². The van der Waals surface area contributed by atoms with Gasteiger partial charge in [-0.25, -0.2) is 4.98 Å². The molecule has 0 bridgehead atoms. The van der Waals surface area contributed by atoms with E-state index in [1.807, 2.05) is 13.8 Å². The van der Waals surface area contributed by atoms with E-state index in [0.717, 1.165) is 5.69 Å². The maximum atomic E-state index is 10.9. The van der Waals surface area contributed by atoms with Crippen molar-refractivity contribution in [1.29, 1.82) is 0 Å². The highest BCUT2D eigenvalue weighted by Gasteiger charge is 2.17. The first-order valence-corrected chi connectivity index (χ1v) is 5.03. The molecule has 0 saturated carbocycles. The minimum absolute atomic E-state index is 0.361. The van der Waals surface area contributed by atoms with Crippen LogP contribution in [0.2, 0.25) is 0 Å². The summed E-state index contributed by atoms with van der Waals surface area (Å²) in [4.78, 5) is 17.7. The highest BCUT2D eigenvalue weighted by molar-refractivity contribution is 5.73. The molecule has 0 aromatic carbocycles. The molecule has 3 N–H and O–H groups in total. The van der Waals surface area contributed by atoms with Gasteiger partial charge in [0, 0.05) is 18.4 Å². The van der Waals surface area contributed by atoms with E-state index >= 15 is 0 Å². The molecule has 0 radical (unpaired) electrons. The molecule has 1 rings (SSSR count). The first-order chi connectivity index (χ1) is 7.09. The minimum Gasteiger partial charge on any atom is -0.480 e. The van der Waals surface area contributed by atoms with Gasteiger partial charge < -0.3 is 10.1 Å². The predicted molar refractivity (Wildman–Crippen MR) is 56.3 cm³/mol. The van der Waals surface area contributed by atoms with Crippen LogP contribution in [0.25, 0.3) is 0 Å². The summed E-state index contributed by atoms with van der Waals surface area (Å²) in [5.74, 6) is -0.441. The Kier molecular flexibility index (Phi) is 4.30.